The van der Waals surface area contributed by atoms with Crippen molar-refractivity contribution in [2.45, 2.75) is 12.8 Å². The number of rotatable bonds is 2. The normalized spacial score (nSPS) is 11.8. The van der Waals surface area contributed by atoms with E-state index in [0.717, 1.165) is 5.69 Å². The maximum absolute atomic E-state index is 8.77. The quantitative estimate of drug-likeness (QED) is 0.763. The van der Waals surface area contributed by atoms with Crippen LogP contribution in [0.3, 0.4) is 0 Å². The summed E-state index contributed by atoms with van der Waals surface area (Å²) in [6.45, 7) is 2.07. The molecule has 3 nitrogen and oxygen atoms in total. The average molecular weight is 209 g/mol. The Kier molecular flexibility index (Phi) is 2.93. The van der Waals surface area contributed by atoms with Crippen LogP contribution < -0.4 is 0 Å². The fourth-order valence-electron chi connectivity index (χ4n) is 1.58. The molecular formula is C13H11N3. The molecule has 0 bridgehead atoms. The standard InChI is InChI=1S/C13H11N3/c1-10(11-5-3-2-4-6-11)13-7-12(8-14)15-9-16-13/h2-7,9-10H,1H3. The van der Waals surface area contributed by atoms with Crippen LogP contribution in [0.1, 0.15) is 29.8 Å². The van der Waals surface area contributed by atoms with Gasteiger partial charge in [-0.15, -0.1) is 0 Å². The summed E-state index contributed by atoms with van der Waals surface area (Å²) in [6.07, 6.45) is 1.44. The first-order valence-corrected chi connectivity index (χ1v) is 5.08. The lowest BCUT2D eigenvalue weighted by atomic mass is 9.97. The van der Waals surface area contributed by atoms with Crippen molar-refractivity contribution in [1.29, 1.82) is 5.26 Å². The third kappa shape index (κ3) is 2.06. The van der Waals surface area contributed by atoms with Gasteiger partial charge in [0.15, 0.2) is 0 Å². The Balaban J connectivity index is 2.35. The molecule has 2 aromatic rings. The molecule has 1 atom stereocenters. The van der Waals surface area contributed by atoms with Crippen LogP contribution in [0.2, 0.25) is 0 Å². The molecule has 1 aromatic heterocycles. The van der Waals surface area contributed by atoms with Gasteiger partial charge >= 0.3 is 0 Å². The van der Waals surface area contributed by atoms with Crippen molar-refractivity contribution >= 4 is 0 Å². The molecule has 2 rings (SSSR count). The maximum Gasteiger partial charge on any atom is 0.144 e. The van der Waals surface area contributed by atoms with E-state index in [0.29, 0.717) is 5.69 Å². The van der Waals surface area contributed by atoms with Gasteiger partial charge in [-0.2, -0.15) is 5.26 Å². The van der Waals surface area contributed by atoms with Crippen LogP contribution >= 0.6 is 0 Å². The summed E-state index contributed by atoms with van der Waals surface area (Å²) < 4.78 is 0. The molecule has 0 spiro atoms. The van der Waals surface area contributed by atoms with Gasteiger partial charge in [0.05, 0.1) is 5.69 Å². The van der Waals surface area contributed by atoms with Crippen molar-refractivity contribution in [3.8, 4) is 6.07 Å². The largest absolute Gasteiger partial charge is 0.241 e. The van der Waals surface area contributed by atoms with E-state index in [-0.39, 0.29) is 5.92 Å². The van der Waals surface area contributed by atoms with Gasteiger partial charge in [-0.05, 0) is 11.6 Å². The summed E-state index contributed by atoms with van der Waals surface area (Å²) in [6, 6.07) is 13.8. The molecule has 0 aliphatic carbocycles. The van der Waals surface area contributed by atoms with E-state index in [4.69, 9.17) is 5.26 Å². The first kappa shape index (κ1) is 10.3. The molecule has 78 valence electrons. The summed E-state index contributed by atoms with van der Waals surface area (Å²) in [4.78, 5) is 8.06. The third-order valence-corrected chi connectivity index (χ3v) is 2.55. The fourth-order valence-corrected chi connectivity index (χ4v) is 1.58. The van der Waals surface area contributed by atoms with Crippen LogP contribution in [0.15, 0.2) is 42.7 Å². The number of hydrogen-bond acceptors (Lipinski definition) is 3. The van der Waals surface area contributed by atoms with Gasteiger partial charge in [0.2, 0.25) is 0 Å². The molecule has 0 saturated carbocycles. The Morgan fingerprint density at radius 1 is 1.19 bits per heavy atom. The predicted octanol–water partition coefficient (Wildman–Crippen LogP) is 2.50. The van der Waals surface area contributed by atoms with Gasteiger partial charge in [0.25, 0.3) is 0 Å². The van der Waals surface area contributed by atoms with Crippen LogP contribution in [0.5, 0.6) is 0 Å². The van der Waals surface area contributed by atoms with Crippen LogP contribution in [0.4, 0.5) is 0 Å². The molecule has 0 radical (unpaired) electrons. The van der Waals surface area contributed by atoms with Crippen LogP contribution in [0.25, 0.3) is 0 Å². The highest BCUT2D eigenvalue weighted by Crippen LogP contribution is 2.21. The van der Waals surface area contributed by atoms with E-state index in [2.05, 4.69) is 29.0 Å². The number of benzene rings is 1. The van der Waals surface area contributed by atoms with Crippen molar-refractivity contribution < 1.29 is 0 Å². The van der Waals surface area contributed by atoms with Crippen LogP contribution in [-0.2, 0) is 0 Å². The van der Waals surface area contributed by atoms with Gasteiger partial charge in [0.1, 0.15) is 18.1 Å². The molecule has 0 N–H and O–H groups in total. The zero-order valence-corrected chi connectivity index (χ0v) is 8.96. The Bertz CT molecular complexity index is 514. The molecule has 0 fully saturated rings. The van der Waals surface area contributed by atoms with Gasteiger partial charge in [-0.1, -0.05) is 37.3 Å². The Morgan fingerprint density at radius 2 is 1.94 bits per heavy atom. The molecular weight excluding hydrogens is 198 g/mol. The number of aromatic nitrogens is 2. The molecule has 16 heavy (non-hydrogen) atoms. The molecule has 1 unspecified atom stereocenters. The molecule has 1 aromatic carbocycles. The van der Waals surface area contributed by atoms with Crippen molar-refractivity contribution in [3.63, 3.8) is 0 Å². The van der Waals surface area contributed by atoms with Crippen LogP contribution in [0, 0.1) is 11.3 Å². The molecule has 0 aliphatic rings. The monoisotopic (exact) mass is 209 g/mol. The lowest BCUT2D eigenvalue weighted by Crippen LogP contribution is -2.00. The van der Waals surface area contributed by atoms with E-state index >= 15 is 0 Å². The summed E-state index contributed by atoms with van der Waals surface area (Å²) in [5.74, 6) is 0.177. The second kappa shape index (κ2) is 4.54. The van der Waals surface area contributed by atoms with Gasteiger partial charge in [-0.25, -0.2) is 9.97 Å². The van der Waals surface area contributed by atoms with Crippen molar-refractivity contribution in [3.05, 3.63) is 59.7 Å². The summed E-state index contributed by atoms with van der Waals surface area (Å²) in [5, 5.41) is 8.77. The second-order valence-electron chi connectivity index (χ2n) is 3.57. The Morgan fingerprint density at radius 3 is 2.62 bits per heavy atom. The van der Waals surface area contributed by atoms with E-state index in [1.807, 2.05) is 24.3 Å². The molecule has 0 saturated heterocycles. The Labute approximate surface area is 94.4 Å². The van der Waals surface area contributed by atoms with Gasteiger partial charge in [-0.3, -0.25) is 0 Å². The second-order valence-corrected chi connectivity index (χ2v) is 3.57. The van der Waals surface area contributed by atoms with Crippen LogP contribution in [-0.4, -0.2) is 9.97 Å². The third-order valence-electron chi connectivity index (χ3n) is 2.55. The topological polar surface area (TPSA) is 49.6 Å². The predicted molar refractivity (Wildman–Crippen MR) is 60.7 cm³/mol. The zero-order valence-electron chi connectivity index (χ0n) is 8.96. The van der Waals surface area contributed by atoms with E-state index in [9.17, 15) is 0 Å². The first-order valence-electron chi connectivity index (χ1n) is 5.08. The lowest BCUT2D eigenvalue weighted by Gasteiger charge is -2.10. The molecule has 0 amide bonds. The average Bonchev–Trinajstić information content (AvgIpc) is 2.39. The smallest absolute Gasteiger partial charge is 0.144 e. The minimum absolute atomic E-state index is 0.177. The van der Waals surface area contributed by atoms with Gasteiger partial charge < -0.3 is 0 Å². The van der Waals surface area contributed by atoms with Crippen molar-refractivity contribution in [2.24, 2.45) is 0 Å². The van der Waals surface area contributed by atoms with E-state index in [1.165, 1.54) is 11.9 Å². The zero-order chi connectivity index (χ0) is 11.4. The number of nitriles is 1. The highest BCUT2D eigenvalue weighted by Gasteiger charge is 2.09. The maximum atomic E-state index is 8.77. The molecule has 3 heteroatoms. The Hall–Kier alpha value is -2.21. The van der Waals surface area contributed by atoms with E-state index < -0.39 is 0 Å². The van der Waals surface area contributed by atoms with E-state index in [1.54, 1.807) is 6.07 Å². The fraction of sp³-hybridized carbons (Fsp3) is 0.154. The lowest BCUT2D eigenvalue weighted by molar-refractivity contribution is 0.856. The summed E-state index contributed by atoms with van der Waals surface area (Å²) in [7, 11) is 0. The minimum Gasteiger partial charge on any atom is -0.241 e. The first-order chi connectivity index (χ1) is 7.81. The number of hydrogen-bond donors (Lipinski definition) is 0. The number of nitrogens with zero attached hydrogens (tertiary/aromatic N) is 3. The minimum atomic E-state index is 0.177. The summed E-state index contributed by atoms with van der Waals surface area (Å²) >= 11 is 0. The van der Waals surface area contributed by atoms with Crippen molar-refractivity contribution in [2.75, 3.05) is 0 Å². The molecule has 1 heterocycles. The van der Waals surface area contributed by atoms with Gasteiger partial charge in [0, 0.05) is 5.92 Å². The SMILES string of the molecule is CC(c1ccccc1)c1cc(C#N)ncn1. The molecule has 0 aliphatic heterocycles. The summed E-state index contributed by atoms with van der Waals surface area (Å²) in [5.41, 5.74) is 2.47. The van der Waals surface area contributed by atoms with Crippen molar-refractivity contribution in [1.82, 2.24) is 9.97 Å². The highest BCUT2D eigenvalue weighted by molar-refractivity contribution is 5.30. The highest BCUT2D eigenvalue weighted by atomic mass is 14.8.